The van der Waals surface area contributed by atoms with Gasteiger partial charge in [-0.1, -0.05) is 54.6 Å². The van der Waals surface area contributed by atoms with E-state index in [0.29, 0.717) is 31.9 Å². The molecule has 3 aliphatic rings. The second kappa shape index (κ2) is 11.3. The first-order chi connectivity index (χ1) is 18.7. The number of amides is 2. The monoisotopic (exact) mass is 534 g/mol. The van der Waals surface area contributed by atoms with Gasteiger partial charge in [-0.05, 0) is 69.1 Å². The van der Waals surface area contributed by atoms with Gasteiger partial charge >= 0.3 is 6.09 Å². The highest BCUT2D eigenvalue weighted by Gasteiger charge is 2.46. The van der Waals surface area contributed by atoms with Crippen molar-refractivity contribution in [3.8, 4) is 0 Å². The highest BCUT2D eigenvalue weighted by Crippen LogP contribution is 2.42. The molecule has 3 fully saturated rings. The van der Waals surface area contributed by atoms with Gasteiger partial charge < -0.3 is 24.4 Å². The van der Waals surface area contributed by atoms with E-state index in [-0.39, 0.29) is 24.1 Å². The van der Waals surface area contributed by atoms with E-state index in [2.05, 4.69) is 24.3 Å². The van der Waals surface area contributed by atoms with E-state index in [1.54, 1.807) is 18.7 Å². The predicted molar refractivity (Wildman–Crippen MR) is 149 cm³/mol. The van der Waals surface area contributed by atoms with E-state index in [1.165, 1.54) is 5.56 Å². The number of cyclic esters (lactones) is 1. The van der Waals surface area contributed by atoms with Gasteiger partial charge in [0.2, 0.25) is 0 Å². The Morgan fingerprint density at radius 1 is 1.05 bits per heavy atom. The summed E-state index contributed by atoms with van der Waals surface area (Å²) in [5.74, 6) is 0.582. The van der Waals surface area contributed by atoms with Crippen LogP contribution in [-0.4, -0.2) is 64.9 Å². The molecule has 3 heterocycles. The van der Waals surface area contributed by atoms with Gasteiger partial charge in [-0.2, -0.15) is 0 Å². The molecule has 2 aromatic carbocycles. The van der Waals surface area contributed by atoms with E-state index in [9.17, 15) is 14.7 Å². The first kappa shape index (κ1) is 27.7. The molecule has 0 aliphatic carbocycles. The summed E-state index contributed by atoms with van der Waals surface area (Å²) in [6, 6.07) is 18.2. The average molecular weight is 535 g/mol. The Bertz CT molecular complexity index is 1130. The minimum atomic E-state index is -0.979. The van der Waals surface area contributed by atoms with E-state index in [4.69, 9.17) is 9.47 Å². The summed E-state index contributed by atoms with van der Waals surface area (Å²) < 4.78 is 11.8. The Hall–Kier alpha value is -2.90. The molecule has 2 aromatic rings. The van der Waals surface area contributed by atoms with Crippen LogP contribution < -0.4 is 0 Å². The molecule has 2 amide bonds. The fourth-order valence-corrected chi connectivity index (χ4v) is 6.53. The van der Waals surface area contributed by atoms with Crippen molar-refractivity contribution in [1.82, 2.24) is 9.80 Å². The van der Waals surface area contributed by atoms with Crippen molar-refractivity contribution >= 4 is 12.0 Å². The number of aliphatic hydroxyl groups is 1. The Morgan fingerprint density at radius 3 is 2.33 bits per heavy atom. The third-order valence-electron chi connectivity index (χ3n) is 8.66. The summed E-state index contributed by atoms with van der Waals surface area (Å²) in [7, 11) is 0. The van der Waals surface area contributed by atoms with Crippen LogP contribution >= 0.6 is 0 Å². The number of nitrogens with zero attached hydrogens (tertiary/aromatic N) is 2. The Kier molecular flexibility index (Phi) is 8.01. The quantitative estimate of drug-likeness (QED) is 0.505. The van der Waals surface area contributed by atoms with Gasteiger partial charge in [0.05, 0.1) is 11.6 Å². The van der Waals surface area contributed by atoms with Crippen molar-refractivity contribution in [3.05, 3.63) is 71.3 Å². The molecule has 0 radical (unpaired) electrons. The second-order valence-electron chi connectivity index (χ2n) is 12.1. The van der Waals surface area contributed by atoms with E-state index < -0.39 is 11.2 Å². The smallest absolute Gasteiger partial charge is 0.411 e. The number of piperidine rings is 1. The topological polar surface area (TPSA) is 79.3 Å². The summed E-state index contributed by atoms with van der Waals surface area (Å²) in [4.78, 5) is 29.8. The van der Waals surface area contributed by atoms with Crippen LogP contribution in [0.25, 0.3) is 0 Å². The molecule has 5 rings (SSSR count). The number of hydrogen-bond donors (Lipinski definition) is 1. The van der Waals surface area contributed by atoms with Gasteiger partial charge in [0.1, 0.15) is 11.7 Å². The Balaban J connectivity index is 1.21. The third-order valence-corrected chi connectivity index (χ3v) is 8.66. The number of hydrogen-bond acceptors (Lipinski definition) is 5. The zero-order valence-corrected chi connectivity index (χ0v) is 23.5. The summed E-state index contributed by atoms with van der Waals surface area (Å²) in [5.41, 5.74) is 1.44. The maximum atomic E-state index is 13.4. The van der Waals surface area contributed by atoms with E-state index >= 15 is 0 Å². The summed E-state index contributed by atoms with van der Waals surface area (Å²) in [5, 5.41) is 10.6. The number of carbonyl (C=O) groups excluding carboxylic acids is 2. The molecule has 0 spiro atoms. The normalized spacial score (nSPS) is 25.4. The van der Waals surface area contributed by atoms with Gasteiger partial charge in [-0.15, -0.1) is 0 Å². The number of ether oxygens (including phenoxy) is 2. The van der Waals surface area contributed by atoms with Gasteiger partial charge in [0, 0.05) is 39.1 Å². The van der Waals surface area contributed by atoms with Gasteiger partial charge in [-0.25, -0.2) is 4.79 Å². The maximum absolute atomic E-state index is 13.4. The highest BCUT2D eigenvalue weighted by atomic mass is 16.6. The van der Waals surface area contributed by atoms with Crippen LogP contribution in [0.4, 0.5) is 4.79 Å². The van der Waals surface area contributed by atoms with Crippen LogP contribution in [0.5, 0.6) is 0 Å². The van der Waals surface area contributed by atoms with Crippen molar-refractivity contribution in [1.29, 1.82) is 0 Å². The first-order valence-electron chi connectivity index (χ1n) is 14.4. The number of carbonyl (C=O) groups is 2. The van der Waals surface area contributed by atoms with Crippen LogP contribution in [0.1, 0.15) is 87.9 Å². The molecule has 3 unspecified atom stereocenters. The minimum absolute atomic E-state index is 0.131. The largest absolute Gasteiger partial charge is 0.438 e. The molecule has 3 atom stereocenters. The standard InChI is InChI=1S/C32H42N2O5/c1-23(34-20-17-32(39-30(34)36,22-31(2,3)37)27-8-5-4-6-9-27)24-11-13-25(14-12-24)26-15-18-33(19-16-26)29(35)28-10-7-21-38-28/h4-6,8-9,11-14,23,26,28,37H,7,10,15-22H2,1-3H3. The van der Waals surface area contributed by atoms with Crippen molar-refractivity contribution in [3.63, 3.8) is 0 Å². The van der Waals surface area contributed by atoms with Crippen LogP contribution in [-0.2, 0) is 19.9 Å². The van der Waals surface area contributed by atoms with Crippen LogP contribution in [0.15, 0.2) is 54.6 Å². The lowest BCUT2D eigenvalue weighted by atomic mass is 9.80. The molecular weight excluding hydrogens is 492 g/mol. The molecule has 7 nitrogen and oxygen atoms in total. The van der Waals surface area contributed by atoms with Crippen molar-refractivity contribution in [2.24, 2.45) is 0 Å². The SMILES string of the molecule is CC(c1ccc(C2CCN(C(=O)C3CCCO3)CC2)cc1)N1CCC(CC(C)(C)O)(c2ccccc2)OC1=O. The molecule has 210 valence electrons. The zero-order chi connectivity index (χ0) is 27.6. The molecule has 3 aliphatic heterocycles. The first-order valence-corrected chi connectivity index (χ1v) is 14.4. The lowest BCUT2D eigenvalue weighted by Crippen LogP contribution is -2.51. The fraction of sp³-hybridized carbons (Fsp3) is 0.562. The predicted octanol–water partition coefficient (Wildman–Crippen LogP) is 5.53. The second-order valence-corrected chi connectivity index (χ2v) is 12.1. The minimum Gasteiger partial charge on any atom is -0.438 e. The fourth-order valence-electron chi connectivity index (χ4n) is 6.53. The summed E-state index contributed by atoms with van der Waals surface area (Å²) >= 11 is 0. The third kappa shape index (κ3) is 6.15. The van der Waals surface area contributed by atoms with Gasteiger partial charge in [-0.3, -0.25) is 4.79 Å². The van der Waals surface area contributed by atoms with E-state index in [0.717, 1.165) is 49.9 Å². The van der Waals surface area contributed by atoms with Gasteiger partial charge in [0.25, 0.3) is 5.91 Å². The lowest BCUT2D eigenvalue weighted by Gasteiger charge is -2.45. The average Bonchev–Trinajstić information content (AvgIpc) is 3.47. The Morgan fingerprint density at radius 2 is 1.74 bits per heavy atom. The zero-order valence-electron chi connectivity index (χ0n) is 23.5. The van der Waals surface area contributed by atoms with Crippen molar-refractivity contribution in [2.75, 3.05) is 26.2 Å². The van der Waals surface area contributed by atoms with Crippen LogP contribution in [0.2, 0.25) is 0 Å². The maximum Gasteiger partial charge on any atom is 0.411 e. The number of likely N-dealkylation sites (tertiary alicyclic amines) is 1. The van der Waals surface area contributed by atoms with Gasteiger partial charge in [0.15, 0.2) is 0 Å². The van der Waals surface area contributed by atoms with Crippen molar-refractivity contribution in [2.45, 2.75) is 88.6 Å². The molecule has 0 bridgehead atoms. The summed E-state index contributed by atoms with van der Waals surface area (Å²) in [6.07, 6.45) is 4.08. The van der Waals surface area contributed by atoms with Crippen LogP contribution in [0, 0.1) is 0 Å². The molecule has 0 aromatic heterocycles. The molecular formula is C32H42N2O5. The van der Waals surface area contributed by atoms with Crippen LogP contribution in [0.3, 0.4) is 0 Å². The summed E-state index contributed by atoms with van der Waals surface area (Å²) in [6.45, 7) is 8.34. The lowest BCUT2D eigenvalue weighted by molar-refractivity contribution is -0.142. The number of benzene rings is 2. The van der Waals surface area contributed by atoms with Crippen molar-refractivity contribution < 1.29 is 24.2 Å². The molecule has 39 heavy (non-hydrogen) atoms. The molecule has 3 saturated heterocycles. The molecule has 0 saturated carbocycles. The Labute approximate surface area is 232 Å². The molecule has 1 N–H and O–H groups in total. The highest BCUT2D eigenvalue weighted by molar-refractivity contribution is 5.81. The van der Waals surface area contributed by atoms with E-state index in [1.807, 2.05) is 42.2 Å². The number of rotatable bonds is 7. The molecule has 7 heteroatoms.